The van der Waals surface area contributed by atoms with Crippen LogP contribution < -0.4 is 10.9 Å². The maximum atomic E-state index is 11.8. The summed E-state index contributed by atoms with van der Waals surface area (Å²) in [5.74, 6) is -0.0102. The van der Waals surface area contributed by atoms with Gasteiger partial charge >= 0.3 is 0 Å². The largest absolute Gasteiger partial charge is 0.507 e. The number of para-hydroxylation sites is 1. The molecule has 0 fully saturated rings. The minimum Gasteiger partial charge on any atom is -0.507 e. The first-order chi connectivity index (χ1) is 10.2. The van der Waals surface area contributed by atoms with Gasteiger partial charge in [-0.2, -0.15) is 0 Å². The number of amides is 1. The van der Waals surface area contributed by atoms with Crippen molar-refractivity contribution in [3.63, 3.8) is 0 Å². The number of carbonyl (C=O) groups excluding carboxylic acids is 1. The zero-order valence-electron chi connectivity index (χ0n) is 11.7. The fourth-order valence-corrected chi connectivity index (χ4v) is 1.91. The van der Waals surface area contributed by atoms with E-state index in [0.29, 0.717) is 24.1 Å². The minimum absolute atomic E-state index is 0.119. The molecule has 0 aliphatic heterocycles. The molecule has 2 aromatic carbocycles. The number of hydrogen-bond donors (Lipinski definition) is 3. The number of hydrazine groups is 1. The van der Waals surface area contributed by atoms with Gasteiger partial charge in [-0.25, -0.2) is 0 Å². The highest BCUT2D eigenvalue weighted by molar-refractivity contribution is 5.77. The smallest absolute Gasteiger partial charge is 0.238 e. The number of benzene rings is 2. The first-order valence-corrected chi connectivity index (χ1v) is 6.73. The van der Waals surface area contributed by atoms with Crippen molar-refractivity contribution in [2.75, 3.05) is 0 Å². The van der Waals surface area contributed by atoms with Gasteiger partial charge in [-0.15, -0.1) is 0 Å². The van der Waals surface area contributed by atoms with Gasteiger partial charge < -0.3 is 5.11 Å². The van der Waals surface area contributed by atoms with Gasteiger partial charge in [0.2, 0.25) is 5.91 Å². The highest BCUT2D eigenvalue weighted by atomic mass is 16.3. The van der Waals surface area contributed by atoms with Crippen molar-refractivity contribution < 1.29 is 9.90 Å². The summed E-state index contributed by atoms with van der Waals surface area (Å²) in [6.45, 7) is 3.79. The SMILES string of the molecule is C=C(NNC(=O)CCc1ccccc1)c1ccccc1O. The third-order valence-corrected chi connectivity index (χ3v) is 3.07. The second kappa shape index (κ2) is 7.14. The van der Waals surface area contributed by atoms with Crippen LogP contribution >= 0.6 is 0 Å². The van der Waals surface area contributed by atoms with Gasteiger partial charge in [0.15, 0.2) is 0 Å². The van der Waals surface area contributed by atoms with Gasteiger partial charge in [0.05, 0.1) is 5.70 Å². The summed E-state index contributed by atoms with van der Waals surface area (Å²) in [6, 6.07) is 16.6. The molecule has 0 atom stereocenters. The second-order valence-electron chi connectivity index (χ2n) is 4.65. The van der Waals surface area contributed by atoms with Crippen LogP contribution in [0.15, 0.2) is 61.2 Å². The fourth-order valence-electron chi connectivity index (χ4n) is 1.91. The predicted molar refractivity (Wildman–Crippen MR) is 83.2 cm³/mol. The molecule has 0 aromatic heterocycles. The van der Waals surface area contributed by atoms with Gasteiger partial charge in [0.25, 0.3) is 0 Å². The first kappa shape index (κ1) is 14.7. The number of aromatic hydroxyl groups is 1. The summed E-state index contributed by atoms with van der Waals surface area (Å²) in [7, 11) is 0. The van der Waals surface area contributed by atoms with E-state index in [1.54, 1.807) is 24.3 Å². The second-order valence-corrected chi connectivity index (χ2v) is 4.65. The summed E-state index contributed by atoms with van der Waals surface area (Å²) in [4.78, 5) is 11.8. The lowest BCUT2D eigenvalue weighted by Crippen LogP contribution is -2.35. The average molecular weight is 282 g/mol. The average Bonchev–Trinajstić information content (AvgIpc) is 2.52. The lowest BCUT2D eigenvalue weighted by molar-refractivity contribution is -0.121. The summed E-state index contributed by atoms with van der Waals surface area (Å²) in [5.41, 5.74) is 7.42. The van der Waals surface area contributed by atoms with Gasteiger partial charge in [-0.3, -0.25) is 15.6 Å². The Hall–Kier alpha value is -2.75. The summed E-state index contributed by atoms with van der Waals surface area (Å²) in [6.07, 6.45) is 1.06. The van der Waals surface area contributed by atoms with Crippen molar-refractivity contribution in [1.29, 1.82) is 0 Å². The molecule has 0 spiro atoms. The van der Waals surface area contributed by atoms with Gasteiger partial charge in [0.1, 0.15) is 5.75 Å². The van der Waals surface area contributed by atoms with Crippen molar-refractivity contribution in [2.24, 2.45) is 0 Å². The maximum absolute atomic E-state index is 11.8. The molecule has 108 valence electrons. The molecule has 3 N–H and O–H groups in total. The highest BCUT2D eigenvalue weighted by Gasteiger charge is 2.06. The Balaban J connectivity index is 1.79. The number of hydrogen-bond acceptors (Lipinski definition) is 3. The van der Waals surface area contributed by atoms with E-state index in [2.05, 4.69) is 17.4 Å². The lowest BCUT2D eigenvalue weighted by atomic mass is 10.1. The molecular formula is C17H18N2O2. The molecule has 1 amide bonds. The van der Waals surface area contributed by atoms with Crippen LogP contribution in [0.5, 0.6) is 5.75 Å². The molecule has 0 saturated heterocycles. The van der Waals surface area contributed by atoms with E-state index in [0.717, 1.165) is 5.56 Å². The Labute approximate surface area is 124 Å². The normalized spacial score (nSPS) is 9.90. The predicted octanol–water partition coefficient (Wildman–Crippen LogP) is 2.62. The molecule has 0 aliphatic carbocycles. The lowest BCUT2D eigenvalue weighted by Gasteiger charge is -2.12. The number of rotatable bonds is 6. The van der Waals surface area contributed by atoms with Crippen LogP contribution in [0.25, 0.3) is 5.70 Å². The Morgan fingerprint density at radius 1 is 1.00 bits per heavy atom. The molecular weight excluding hydrogens is 264 g/mol. The number of aryl methyl sites for hydroxylation is 1. The van der Waals surface area contributed by atoms with Gasteiger partial charge in [-0.05, 0) is 24.1 Å². The molecule has 0 radical (unpaired) electrons. The van der Waals surface area contributed by atoms with E-state index in [1.807, 2.05) is 30.3 Å². The number of phenolic OH excluding ortho intramolecular Hbond substituents is 1. The van der Waals surface area contributed by atoms with Crippen molar-refractivity contribution in [3.8, 4) is 5.75 Å². The van der Waals surface area contributed by atoms with Crippen LogP contribution in [0.1, 0.15) is 17.5 Å². The Bertz CT molecular complexity index is 624. The standard InChI is InChI=1S/C17H18N2O2/c1-13(15-9-5-6-10-16(15)20)18-19-17(21)12-11-14-7-3-2-4-8-14/h2-10,18,20H,1,11-12H2,(H,19,21). The van der Waals surface area contributed by atoms with E-state index < -0.39 is 0 Å². The monoisotopic (exact) mass is 282 g/mol. The molecule has 0 unspecified atom stereocenters. The Kier molecular flexibility index (Phi) is 4.99. The highest BCUT2D eigenvalue weighted by Crippen LogP contribution is 2.20. The van der Waals surface area contributed by atoms with E-state index in [1.165, 1.54) is 0 Å². The topological polar surface area (TPSA) is 61.4 Å². The van der Waals surface area contributed by atoms with E-state index in [4.69, 9.17) is 0 Å². The van der Waals surface area contributed by atoms with Crippen LogP contribution in [0.3, 0.4) is 0 Å². The van der Waals surface area contributed by atoms with Crippen LogP contribution in [0.4, 0.5) is 0 Å². The number of nitrogens with one attached hydrogen (secondary N) is 2. The number of phenols is 1. The molecule has 0 aliphatic rings. The van der Waals surface area contributed by atoms with Crippen molar-refractivity contribution >= 4 is 11.6 Å². The Morgan fingerprint density at radius 2 is 1.67 bits per heavy atom. The van der Waals surface area contributed by atoms with Crippen molar-refractivity contribution in [3.05, 3.63) is 72.3 Å². The molecule has 21 heavy (non-hydrogen) atoms. The van der Waals surface area contributed by atoms with Crippen molar-refractivity contribution in [1.82, 2.24) is 10.9 Å². The van der Waals surface area contributed by atoms with Crippen LogP contribution in [-0.4, -0.2) is 11.0 Å². The first-order valence-electron chi connectivity index (χ1n) is 6.73. The zero-order chi connectivity index (χ0) is 15.1. The van der Waals surface area contributed by atoms with E-state index in [-0.39, 0.29) is 11.7 Å². The van der Waals surface area contributed by atoms with E-state index >= 15 is 0 Å². The molecule has 2 rings (SSSR count). The van der Waals surface area contributed by atoms with Crippen LogP contribution in [0.2, 0.25) is 0 Å². The van der Waals surface area contributed by atoms with E-state index in [9.17, 15) is 9.90 Å². The van der Waals surface area contributed by atoms with Crippen molar-refractivity contribution in [2.45, 2.75) is 12.8 Å². The quantitative estimate of drug-likeness (QED) is 0.714. The summed E-state index contributed by atoms with van der Waals surface area (Å²) < 4.78 is 0. The summed E-state index contributed by atoms with van der Waals surface area (Å²) in [5, 5.41) is 9.68. The third-order valence-electron chi connectivity index (χ3n) is 3.07. The molecule has 2 aromatic rings. The van der Waals surface area contributed by atoms with Crippen LogP contribution in [-0.2, 0) is 11.2 Å². The number of carbonyl (C=O) groups is 1. The molecule has 0 saturated carbocycles. The maximum Gasteiger partial charge on any atom is 0.238 e. The molecule has 0 heterocycles. The van der Waals surface area contributed by atoms with Gasteiger partial charge in [0, 0.05) is 12.0 Å². The zero-order valence-corrected chi connectivity index (χ0v) is 11.7. The molecule has 4 heteroatoms. The molecule has 0 bridgehead atoms. The molecule has 4 nitrogen and oxygen atoms in total. The van der Waals surface area contributed by atoms with Crippen LogP contribution in [0, 0.1) is 0 Å². The fraction of sp³-hybridized carbons (Fsp3) is 0.118. The Morgan fingerprint density at radius 3 is 2.38 bits per heavy atom. The van der Waals surface area contributed by atoms with Gasteiger partial charge in [-0.1, -0.05) is 49.0 Å². The third kappa shape index (κ3) is 4.38. The minimum atomic E-state index is -0.129. The summed E-state index contributed by atoms with van der Waals surface area (Å²) >= 11 is 0.